The number of aryl methyl sites for hydroxylation is 6. The summed E-state index contributed by atoms with van der Waals surface area (Å²) in [5, 5.41) is 0. The van der Waals surface area contributed by atoms with Gasteiger partial charge in [-0.15, -0.1) is 0 Å². The van der Waals surface area contributed by atoms with Crippen LogP contribution >= 0.6 is 0 Å². The Balaban J connectivity index is 0.000000400. The molecule has 4 unspecified atom stereocenters. The van der Waals surface area contributed by atoms with Crippen LogP contribution < -0.4 is 9.47 Å². The second-order valence-electron chi connectivity index (χ2n) is 21.4. The van der Waals surface area contributed by atoms with Crippen LogP contribution in [0.2, 0.25) is 0 Å². The van der Waals surface area contributed by atoms with E-state index in [4.69, 9.17) is 9.47 Å². The number of hydrogen-bond donors (Lipinski definition) is 0. The molecule has 0 bridgehead atoms. The van der Waals surface area contributed by atoms with Gasteiger partial charge in [0.25, 0.3) is 5.79 Å². The number of benzene rings is 8. The Bertz CT molecular complexity index is 2820. The van der Waals surface area contributed by atoms with Crippen LogP contribution in [-0.2, 0) is 43.5 Å². The van der Waals surface area contributed by atoms with Crippen LogP contribution in [0.5, 0.6) is 11.5 Å². The molecule has 0 fully saturated rings. The third kappa shape index (κ3) is 16.3. The number of rotatable bonds is 2. The van der Waals surface area contributed by atoms with Gasteiger partial charge in [-0.2, -0.15) is 0 Å². The minimum Gasteiger partial charge on any atom is -0.452 e. The maximum absolute atomic E-state index is 6.82. The molecule has 2 aliphatic heterocycles. The molecule has 0 amide bonds. The SMILES string of the molecule is CC.CC.CC.CC.Cc1ccc2c(c1)C1C(c3cc(C)ccc3C1(C)C)C2(C)C.Cc1ccc2c(c1)OC1(CC2c2ccccc2)CC(c2ccccc2)c2ccc(C)cc2O1.Cc1ccccc1.Cc1ccccc1.[CH3-].[CH3-].[Y]. The molecular weight excluding hydrogens is 1050 g/mol. The fourth-order valence-corrected chi connectivity index (χ4v) is 11.9. The minimum atomic E-state index is -0.720. The molecule has 4 aliphatic rings. The summed E-state index contributed by atoms with van der Waals surface area (Å²) in [5.41, 5.74) is 19.6. The fraction of sp³-hybridized carbons (Fsp3) is 0.351. The van der Waals surface area contributed by atoms with Gasteiger partial charge in [-0.3, -0.25) is 0 Å². The molecule has 2 heterocycles. The first kappa shape index (κ1) is 70.6. The Hall–Kier alpha value is -5.54. The van der Waals surface area contributed by atoms with E-state index < -0.39 is 5.79 Å². The third-order valence-corrected chi connectivity index (χ3v) is 15.4. The van der Waals surface area contributed by atoms with Crippen LogP contribution in [-0.4, -0.2) is 5.79 Å². The van der Waals surface area contributed by atoms with E-state index in [1.165, 1.54) is 55.6 Å². The Labute approximate surface area is 514 Å². The molecule has 8 aromatic rings. The van der Waals surface area contributed by atoms with Gasteiger partial charge in [-0.1, -0.05) is 287 Å². The predicted octanol–water partition coefficient (Wildman–Crippen LogP) is 22.3. The van der Waals surface area contributed by atoms with E-state index in [1.807, 2.05) is 91.8 Å². The summed E-state index contributed by atoms with van der Waals surface area (Å²) in [4.78, 5) is 0. The Kier molecular flexibility index (Phi) is 28.9. The second-order valence-corrected chi connectivity index (χ2v) is 21.4. The average molecular weight is 1150 g/mol. The molecule has 0 aromatic heterocycles. The normalized spacial score (nSPS) is 18.7. The largest absolute Gasteiger partial charge is 0.452 e. The van der Waals surface area contributed by atoms with E-state index in [1.54, 1.807) is 22.3 Å². The molecule has 0 N–H and O–H groups in total. The molecule has 1 radical (unpaired) electrons. The average Bonchev–Trinajstić information content (AvgIpc) is 4.05. The van der Waals surface area contributed by atoms with Crippen molar-refractivity contribution in [2.75, 3.05) is 0 Å². The van der Waals surface area contributed by atoms with Crippen molar-refractivity contribution in [2.24, 2.45) is 0 Å². The van der Waals surface area contributed by atoms with E-state index in [0.29, 0.717) is 11.8 Å². The van der Waals surface area contributed by atoms with Crippen molar-refractivity contribution in [2.45, 2.75) is 178 Å². The Morgan fingerprint density at radius 1 is 0.325 bits per heavy atom. The smallest absolute Gasteiger partial charge is 0.253 e. The van der Waals surface area contributed by atoms with Crippen molar-refractivity contribution in [3.05, 3.63) is 287 Å². The van der Waals surface area contributed by atoms with Crippen molar-refractivity contribution in [3.63, 3.8) is 0 Å². The van der Waals surface area contributed by atoms with Gasteiger partial charge >= 0.3 is 0 Å². The first-order chi connectivity index (χ1) is 37.1. The minimum absolute atomic E-state index is 0. The molecule has 0 saturated carbocycles. The van der Waals surface area contributed by atoms with E-state index >= 15 is 0 Å². The van der Waals surface area contributed by atoms with Gasteiger partial charge in [0.15, 0.2) is 0 Å². The second kappa shape index (κ2) is 32.8. The zero-order valence-corrected chi connectivity index (χ0v) is 55.9. The van der Waals surface area contributed by atoms with Gasteiger partial charge in [-0.25, -0.2) is 0 Å². The summed E-state index contributed by atoms with van der Waals surface area (Å²) < 4.78 is 13.6. The van der Waals surface area contributed by atoms with Crippen LogP contribution in [0.3, 0.4) is 0 Å². The standard InChI is InChI=1S/C31H28O2.C22H26.2C7H8.4C2H6.2CH3.Y/c1-21-13-15-25-27(23-9-5-3-6-10-23)19-31(32-29(25)17-21)20-28(24-11-7-4-8-12-24)26-16-14-22(2)18-30(26)33-31;1-13-7-9-17-15(11-13)19-20(21(17,3)4)16-12-14(2)8-10-18(16)22(19,5)6;2*1-7-5-3-2-4-6-7;4*1-2;;;/h3-18,27-28H,19-20H2,1-2H3;7-12,19-20H,1-6H3;2*2-6H,1H3;4*1-2H3;2*1H3;/q;;;;;;;;2*-1;. The molecule has 425 valence electrons. The van der Waals surface area contributed by atoms with Gasteiger partial charge < -0.3 is 24.3 Å². The summed E-state index contributed by atoms with van der Waals surface area (Å²) in [6.07, 6.45) is 1.56. The van der Waals surface area contributed by atoms with E-state index in [0.717, 1.165) is 24.3 Å². The topological polar surface area (TPSA) is 18.5 Å². The molecule has 12 rings (SSSR count). The van der Waals surface area contributed by atoms with Crippen molar-refractivity contribution in [1.29, 1.82) is 0 Å². The monoisotopic (exact) mass is 1150 g/mol. The first-order valence-electron chi connectivity index (χ1n) is 29.1. The molecule has 8 aromatic carbocycles. The summed E-state index contributed by atoms with van der Waals surface area (Å²) in [6, 6.07) is 69.5. The number of hydrogen-bond acceptors (Lipinski definition) is 2. The third-order valence-electron chi connectivity index (χ3n) is 15.4. The van der Waals surface area contributed by atoms with Gasteiger partial charge in [0.05, 0.1) is 0 Å². The van der Waals surface area contributed by atoms with Crippen LogP contribution in [0.4, 0.5) is 0 Å². The zero-order chi connectivity index (χ0) is 56.5. The van der Waals surface area contributed by atoms with E-state index in [9.17, 15) is 0 Å². The summed E-state index contributed by atoms with van der Waals surface area (Å²) >= 11 is 0. The molecule has 4 atom stereocenters. The van der Waals surface area contributed by atoms with Gasteiger partial charge in [0, 0.05) is 80.3 Å². The van der Waals surface area contributed by atoms with Crippen molar-refractivity contribution in [3.8, 4) is 11.5 Å². The van der Waals surface area contributed by atoms with Crippen molar-refractivity contribution in [1.82, 2.24) is 0 Å². The van der Waals surface area contributed by atoms with Crippen molar-refractivity contribution >= 4 is 0 Å². The van der Waals surface area contributed by atoms with E-state index in [-0.39, 0.29) is 70.2 Å². The molecule has 0 saturated heterocycles. The maximum Gasteiger partial charge on any atom is 0.253 e. The summed E-state index contributed by atoms with van der Waals surface area (Å²) in [7, 11) is 0. The Morgan fingerprint density at radius 2 is 0.600 bits per heavy atom. The number of ether oxygens (including phenoxy) is 2. The number of fused-ring (bicyclic) bond motifs is 7. The predicted molar refractivity (Wildman–Crippen MR) is 347 cm³/mol. The molecule has 1 spiro atoms. The molecule has 2 aliphatic carbocycles. The first-order valence-corrected chi connectivity index (χ1v) is 29.1. The summed E-state index contributed by atoms with van der Waals surface area (Å²) in [5.74, 6) is 2.82. The van der Waals surface area contributed by atoms with Gasteiger partial charge in [0.1, 0.15) is 11.5 Å². The molecule has 80 heavy (non-hydrogen) atoms. The van der Waals surface area contributed by atoms with Crippen LogP contribution in [0, 0.1) is 56.4 Å². The van der Waals surface area contributed by atoms with E-state index in [2.05, 4.69) is 227 Å². The fourth-order valence-electron chi connectivity index (χ4n) is 11.9. The van der Waals surface area contributed by atoms with Crippen LogP contribution in [0.25, 0.3) is 0 Å². The van der Waals surface area contributed by atoms with Crippen molar-refractivity contribution < 1.29 is 42.2 Å². The zero-order valence-electron chi connectivity index (χ0n) is 53.1. The Morgan fingerprint density at radius 3 is 0.887 bits per heavy atom. The molecular formula is C77H100O2Y-2. The molecule has 2 nitrogen and oxygen atoms in total. The summed E-state index contributed by atoms with van der Waals surface area (Å²) in [6.45, 7) is 38.6. The van der Waals surface area contributed by atoms with Crippen LogP contribution in [0.15, 0.2) is 194 Å². The van der Waals surface area contributed by atoms with Crippen LogP contribution in [0.1, 0.15) is 197 Å². The maximum atomic E-state index is 6.82. The van der Waals surface area contributed by atoms with Gasteiger partial charge in [0.2, 0.25) is 0 Å². The van der Waals surface area contributed by atoms with Gasteiger partial charge in [-0.05, 0) is 109 Å². The molecule has 3 heteroatoms. The quantitative estimate of drug-likeness (QED) is 0.161.